The third kappa shape index (κ3) is 3.21. The van der Waals surface area contributed by atoms with Crippen LogP contribution in [0, 0.1) is 23.7 Å². The summed E-state index contributed by atoms with van der Waals surface area (Å²) < 4.78 is 0. The molecule has 0 nitrogen and oxygen atoms in total. The van der Waals surface area contributed by atoms with Gasteiger partial charge in [-0.2, -0.15) is 0 Å². The normalized spacial score (nSPS) is 24.1. The van der Waals surface area contributed by atoms with Crippen LogP contribution in [0.1, 0.15) is 62.8 Å². The van der Waals surface area contributed by atoms with Gasteiger partial charge < -0.3 is 0 Å². The van der Waals surface area contributed by atoms with Crippen molar-refractivity contribution in [2.75, 3.05) is 0 Å². The second kappa shape index (κ2) is 6.44. The number of fused-ring (bicyclic) bond motifs is 2. The molecule has 2 aliphatic carbocycles. The maximum absolute atomic E-state index is 2.47. The molecule has 0 spiro atoms. The van der Waals surface area contributed by atoms with E-state index < -0.39 is 0 Å². The zero-order chi connectivity index (χ0) is 15.7. The molecule has 22 heavy (non-hydrogen) atoms. The van der Waals surface area contributed by atoms with Gasteiger partial charge in [-0.1, -0.05) is 64.1 Å². The van der Waals surface area contributed by atoms with Crippen LogP contribution in [-0.4, -0.2) is 0 Å². The molecule has 3 rings (SSSR count). The maximum Gasteiger partial charge on any atom is -0.0204 e. The second-order valence-corrected chi connectivity index (χ2v) is 7.86. The maximum atomic E-state index is 2.47. The number of hydrogen-bond donors (Lipinski definition) is 0. The fourth-order valence-electron chi connectivity index (χ4n) is 3.87. The molecule has 0 heterocycles. The number of rotatable bonds is 2. The van der Waals surface area contributed by atoms with Crippen molar-refractivity contribution in [2.24, 2.45) is 23.7 Å². The van der Waals surface area contributed by atoms with Crippen molar-refractivity contribution >= 4 is 12.2 Å². The molecule has 0 radical (unpaired) electrons. The van der Waals surface area contributed by atoms with Gasteiger partial charge in [-0.3, -0.25) is 0 Å². The van der Waals surface area contributed by atoms with Crippen molar-refractivity contribution < 1.29 is 0 Å². The predicted octanol–water partition coefficient (Wildman–Crippen LogP) is 6.15. The van der Waals surface area contributed by atoms with Crippen LogP contribution in [0.2, 0.25) is 0 Å². The van der Waals surface area contributed by atoms with Crippen LogP contribution >= 0.6 is 0 Å². The van der Waals surface area contributed by atoms with Gasteiger partial charge in [-0.05, 0) is 71.6 Å². The highest BCUT2D eigenvalue weighted by atomic mass is 14.2. The van der Waals surface area contributed by atoms with E-state index in [1.54, 1.807) is 11.1 Å². The highest BCUT2D eigenvalue weighted by Crippen LogP contribution is 2.32. The van der Waals surface area contributed by atoms with Gasteiger partial charge in [0.2, 0.25) is 0 Å². The van der Waals surface area contributed by atoms with E-state index in [0.717, 1.165) is 23.7 Å². The first-order valence-corrected chi connectivity index (χ1v) is 9.07. The van der Waals surface area contributed by atoms with Crippen LogP contribution in [0.25, 0.3) is 12.2 Å². The van der Waals surface area contributed by atoms with Crippen LogP contribution in [0.5, 0.6) is 0 Å². The number of allylic oxidation sites excluding steroid dienone is 2. The lowest BCUT2D eigenvalue weighted by Gasteiger charge is -2.15. The van der Waals surface area contributed by atoms with Crippen molar-refractivity contribution in [1.29, 1.82) is 0 Å². The van der Waals surface area contributed by atoms with E-state index in [1.165, 1.54) is 36.8 Å². The van der Waals surface area contributed by atoms with Gasteiger partial charge >= 0.3 is 0 Å². The Kier molecular flexibility index (Phi) is 4.57. The molecule has 0 aliphatic heterocycles. The van der Waals surface area contributed by atoms with Crippen molar-refractivity contribution in [3.8, 4) is 0 Å². The third-order valence-corrected chi connectivity index (χ3v) is 5.65. The van der Waals surface area contributed by atoms with Crippen molar-refractivity contribution in [2.45, 2.75) is 53.4 Å². The monoisotopic (exact) mass is 294 g/mol. The van der Waals surface area contributed by atoms with E-state index in [1.807, 2.05) is 0 Å². The highest BCUT2D eigenvalue weighted by Gasteiger charge is 2.18. The van der Waals surface area contributed by atoms with E-state index in [2.05, 4.69) is 64.1 Å². The molecule has 1 aromatic carbocycles. The first kappa shape index (κ1) is 15.6. The van der Waals surface area contributed by atoms with Gasteiger partial charge in [0.1, 0.15) is 0 Å². The number of aryl methyl sites for hydroxylation is 2. The molecular formula is C22H30. The van der Waals surface area contributed by atoms with E-state index in [-0.39, 0.29) is 0 Å². The lowest BCUT2D eigenvalue weighted by Crippen LogP contribution is -2.06. The third-order valence-electron chi connectivity index (χ3n) is 5.65. The van der Waals surface area contributed by atoms with Gasteiger partial charge in [-0.15, -0.1) is 0 Å². The topological polar surface area (TPSA) is 0 Å². The summed E-state index contributed by atoms with van der Waals surface area (Å²) in [4.78, 5) is 0. The Balaban J connectivity index is 1.90. The summed E-state index contributed by atoms with van der Waals surface area (Å²) in [7, 11) is 0. The molecule has 0 bridgehead atoms. The molecule has 0 aromatic heterocycles. The van der Waals surface area contributed by atoms with Crippen LogP contribution in [-0.2, 0) is 12.8 Å². The average molecular weight is 294 g/mol. The Morgan fingerprint density at radius 2 is 1.14 bits per heavy atom. The standard InChI is InChI=1S/C22H30/c1-15(2)17-5-9-19-13-21-11-7-18(16(3)4)8-12-22(21)14-20(19)10-6-17/h5,8-9,12-18H,6-7,10-11H2,1-4H3. The summed E-state index contributed by atoms with van der Waals surface area (Å²) >= 11 is 0. The summed E-state index contributed by atoms with van der Waals surface area (Å²) in [6.07, 6.45) is 14.7. The summed E-state index contributed by atoms with van der Waals surface area (Å²) in [5, 5.41) is 0. The number of hydrogen-bond acceptors (Lipinski definition) is 0. The van der Waals surface area contributed by atoms with Crippen LogP contribution < -0.4 is 0 Å². The Morgan fingerprint density at radius 1 is 0.727 bits per heavy atom. The fraction of sp³-hybridized carbons (Fsp3) is 0.545. The first-order chi connectivity index (χ1) is 10.5. The Bertz CT molecular complexity index is 533. The van der Waals surface area contributed by atoms with Crippen molar-refractivity contribution in [1.82, 2.24) is 0 Å². The molecule has 0 amide bonds. The van der Waals surface area contributed by atoms with Crippen LogP contribution in [0.4, 0.5) is 0 Å². The molecule has 1 aromatic rings. The molecular weight excluding hydrogens is 264 g/mol. The van der Waals surface area contributed by atoms with Gasteiger partial charge in [-0.25, -0.2) is 0 Å². The summed E-state index contributed by atoms with van der Waals surface area (Å²) in [6, 6.07) is 4.94. The first-order valence-electron chi connectivity index (χ1n) is 9.07. The number of benzene rings is 1. The van der Waals surface area contributed by atoms with Gasteiger partial charge in [0.25, 0.3) is 0 Å². The Labute approximate surface area is 136 Å². The Morgan fingerprint density at radius 3 is 1.50 bits per heavy atom. The summed E-state index contributed by atoms with van der Waals surface area (Å²) in [5.41, 5.74) is 6.04. The van der Waals surface area contributed by atoms with Gasteiger partial charge in [0, 0.05) is 0 Å². The molecule has 0 heteroatoms. The summed E-state index contributed by atoms with van der Waals surface area (Å²) in [5.74, 6) is 2.95. The predicted molar refractivity (Wildman–Crippen MR) is 97.8 cm³/mol. The fourth-order valence-corrected chi connectivity index (χ4v) is 3.87. The zero-order valence-corrected chi connectivity index (χ0v) is 14.6. The van der Waals surface area contributed by atoms with E-state index >= 15 is 0 Å². The largest absolute Gasteiger partial charge is 0.0805 e. The molecule has 2 unspecified atom stereocenters. The molecule has 0 N–H and O–H groups in total. The molecule has 0 fully saturated rings. The quantitative estimate of drug-likeness (QED) is 0.613. The molecule has 0 saturated carbocycles. The molecule has 2 atom stereocenters. The van der Waals surface area contributed by atoms with Crippen LogP contribution in [0.15, 0.2) is 24.3 Å². The average Bonchev–Trinajstić information content (AvgIpc) is 2.80. The van der Waals surface area contributed by atoms with E-state index in [9.17, 15) is 0 Å². The minimum Gasteiger partial charge on any atom is -0.0805 e. The SMILES string of the molecule is CC(C)C1C=Cc2cc3c(cc2CC1)C=CC(C(C)C)CC3. The smallest absolute Gasteiger partial charge is 0.0204 e. The van der Waals surface area contributed by atoms with Crippen molar-refractivity contribution in [3.63, 3.8) is 0 Å². The second-order valence-electron chi connectivity index (χ2n) is 7.86. The molecule has 0 saturated heterocycles. The zero-order valence-electron chi connectivity index (χ0n) is 14.6. The van der Waals surface area contributed by atoms with Crippen LogP contribution in [0.3, 0.4) is 0 Å². The lowest BCUT2D eigenvalue weighted by atomic mass is 9.90. The Hall–Kier alpha value is -1.30. The minimum atomic E-state index is 0.730. The lowest BCUT2D eigenvalue weighted by molar-refractivity contribution is 0.439. The van der Waals surface area contributed by atoms with E-state index in [4.69, 9.17) is 0 Å². The van der Waals surface area contributed by atoms with Gasteiger partial charge in [0.05, 0.1) is 0 Å². The molecule has 2 aliphatic rings. The highest BCUT2D eigenvalue weighted by molar-refractivity contribution is 5.64. The van der Waals surface area contributed by atoms with Crippen molar-refractivity contribution in [3.05, 3.63) is 46.5 Å². The molecule has 118 valence electrons. The van der Waals surface area contributed by atoms with Gasteiger partial charge in [0.15, 0.2) is 0 Å². The summed E-state index contributed by atoms with van der Waals surface area (Å²) in [6.45, 7) is 9.37. The minimum absolute atomic E-state index is 0.730. The van der Waals surface area contributed by atoms with E-state index in [0.29, 0.717) is 0 Å².